The highest BCUT2D eigenvalue weighted by Gasteiger charge is 2.28. The third-order valence-electron chi connectivity index (χ3n) is 2.98. The number of hydrogen-bond acceptors (Lipinski definition) is 0. The number of halogens is 1. The number of alkyl halides is 1. The first-order valence-corrected chi connectivity index (χ1v) is 4.74. The predicted octanol–water partition coefficient (Wildman–Crippen LogP) is 3.58. The van der Waals surface area contributed by atoms with Gasteiger partial charge in [0.15, 0.2) is 0 Å². The Balaban J connectivity index is 2.38. The van der Waals surface area contributed by atoms with Crippen LogP contribution in [0.3, 0.4) is 0 Å². The van der Waals surface area contributed by atoms with Crippen molar-refractivity contribution < 1.29 is 0 Å². The average Bonchev–Trinajstić information content (AvgIpc) is 1.96. The van der Waals surface area contributed by atoms with Gasteiger partial charge in [-0.1, -0.05) is 20.3 Å². The molecule has 0 radical (unpaired) electrons. The molecule has 0 unspecified atom stereocenters. The Hall–Kier alpha value is 0.290. The van der Waals surface area contributed by atoms with Crippen LogP contribution in [0.15, 0.2) is 0 Å². The lowest BCUT2D eigenvalue weighted by Gasteiger charge is -2.34. The topological polar surface area (TPSA) is 0 Å². The first kappa shape index (κ1) is 8.39. The van der Waals surface area contributed by atoms with Gasteiger partial charge in [-0.15, -0.1) is 11.6 Å². The van der Waals surface area contributed by atoms with Crippen molar-refractivity contribution in [1.29, 1.82) is 0 Å². The molecule has 0 amide bonds. The number of hydrogen-bond donors (Lipinski definition) is 0. The van der Waals surface area contributed by atoms with Gasteiger partial charge in [-0.3, -0.25) is 0 Å². The van der Waals surface area contributed by atoms with Gasteiger partial charge in [-0.2, -0.15) is 0 Å². The van der Waals surface area contributed by atoms with Crippen LogP contribution in [0.2, 0.25) is 0 Å². The molecule has 60 valence electrons. The molecule has 0 aromatic carbocycles. The van der Waals surface area contributed by atoms with Crippen LogP contribution in [0, 0.1) is 5.41 Å². The molecule has 0 bridgehead atoms. The first-order valence-electron chi connectivity index (χ1n) is 4.30. The van der Waals surface area contributed by atoms with Crippen LogP contribution in [0.25, 0.3) is 0 Å². The maximum absolute atomic E-state index is 6.00. The standard InChI is InChI=1S/C9H17Cl/c1-3-9(2)6-4-8(10)5-7-9/h8H,3-7H2,1-2H3. The minimum atomic E-state index is 0.472. The molecule has 0 aliphatic heterocycles. The molecule has 1 fully saturated rings. The molecule has 0 N–H and O–H groups in total. The minimum Gasteiger partial charge on any atom is -0.123 e. The van der Waals surface area contributed by atoms with Gasteiger partial charge in [0.1, 0.15) is 0 Å². The fraction of sp³-hybridized carbons (Fsp3) is 1.00. The molecule has 1 rings (SSSR count). The van der Waals surface area contributed by atoms with E-state index in [4.69, 9.17) is 11.6 Å². The highest BCUT2D eigenvalue weighted by Crippen LogP contribution is 2.39. The fourth-order valence-corrected chi connectivity index (χ4v) is 1.85. The van der Waals surface area contributed by atoms with E-state index in [-0.39, 0.29) is 0 Å². The van der Waals surface area contributed by atoms with E-state index in [2.05, 4.69) is 13.8 Å². The molecule has 0 spiro atoms. The summed E-state index contributed by atoms with van der Waals surface area (Å²) in [4.78, 5) is 0. The fourth-order valence-electron chi connectivity index (χ4n) is 1.63. The molecule has 0 aromatic rings. The van der Waals surface area contributed by atoms with E-state index in [1.54, 1.807) is 0 Å². The lowest BCUT2D eigenvalue weighted by molar-refractivity contribution is 0.210. The summed E-state index contributed by atoms with van der Waals surface area (Å²) in [6, 6.07) is 0. The van der Waals surface area contributed by atoms with Gasteiger partial charge in [-0.25, -0.2) is 0 Å². The van der Waals surface area contributed by atoms with E-state index in [1.807, 2.05) is 0 Å². The molecular formula is C9H17Cl. The second-order valence-electron chi connectivity index (χ2n) is 3.84. The van der Waals surface area contributed by atoms with Gasteiger partial charge in [0.25, 0.3) is 0 Å². The van der Waals surface area contributed by atoms with Crippen molar-refractivity contribution in [2.45, 2.75) is 51.3 Å². The van der Waals surface area contributed by atoms with E-state index >= 15 is 0 Å². The van der Waals surface area contributed by atoms with Gasteiger partial charge >= 0.3 is 0 Å². The smallest absolute Gasteiger partial charge is 0.0336 e. The van der Waals surface area contributed by atoms with Crippen LogP contribution < -0.4 is 0 Å². The van der Waals surface area contributed by atoms with Crippen molar-refractivity contribution in [1.82, 2.24) is 0 Å². The van der Waals surface area contributed by atoms with Crippen LogP contribution in [0.1, 0.15) is 46.0 Å². The largest absolute Gasteiger partial charge is 0.123 e. The zero-order valence-corrected chi connectivity index (χ0v) is 7.75. The normalized spacial score (nSPS) is 41.7. The maximum Gasteiger partial charge on any atom is 0.0336 e. The van der Waals surface area contributed by atoms with Crippen molar-refractivity contribution in [2.24, 2.45) is 5.41 Å². The SMILES string of the molecule is CCC1(C)CCC(Cl)CC1. The zero-order valence-electron chi connectivity index (χ0n) is 6.99. The van der Waals surface area contributed by atoms with Gasteiger partial charge in [0, 0.05) is 5.38 Å². The molecule has 0 nitrogen and oxygen atoms in total. The van der Waals surface area contributed by atoms with E-state index in [1.165, 1.54) is 32.1 Å². The predicted molar refractivity (Wildman–Crippen MR) is 46.5 cm³/mol. The monoisotopic (exact) mass is 160 g/mol. The zero-order chi connectivity index (χ0) is 7.61. The third kappa shape index (κ3) is 1.88. The molecule has 0 heterocycles. The second kappa shape index (κ2) is 3.13. The summed E-state index contributed by atoms with van der Waals surface area (Å²) in [5.74, 6) is 0. The molecule has 0 saturated heterocycles. The van der Waals surface area contributed by atoms with Gasteiger partial charge in [0.05, 0.1) is 0 Å². The molecule has 0 aromatic heterocycles. The van der Waals surface area contributed by atoms with E-state index in [0.29, 0.717) is 10.8 Å². The number of rotatable bonds is 1. The second-order valence-corrected chi connectivity index (χ2v) is 4.46. The lowest BCUT2D eigenvalue weighted by Crippen LogP contribution is -2.23. The van der Waals surface area contributed by atoms with Crippen molar-refractivity contribution >= 4 is 11.6 Å². The Labute approximate surface area is 69.0 Å². The summed E-state index contributed by atoms with van der Waals surface area (Å²) in [6.45, 7) is 4.67. The maximum atomic E-state index is 6.00. The Kier molecular flexibility index (Phi) is 2.62. The molecular weight excluding hydrogens is 144 g/mol. The van der Waals surface area contributed by atoms with E-state index in [0.717, 1.165) is 0 Å². The van der Waals surface area contributed by atoms with E-state index < -0.39 is 0 Å². The summed E-state index contributed by atoms with van der Waals surface area (Å²) in [5, 5.41) is 0.472. The summed E-state index contributed by atoms with van der Waals surface area (Å²) >= 11 is 6.00. The summed E-state index contributed by atoms with van der Waals surface area (Å²) in [7, 11) is 0. The summed E-state index contributed by atoms with van der Waals surface area (Å²) in [6.07, 6.45) is 6.43. The average molecular weight is 161 g/mol. The Morgan fingerprint density at radius 1 is 1.40 bits per heavy atom. The van der Waals surface area contributed by atoms with Crippen LogP contribution in [0.5, 0.6) is 0 Å². The van der Waals surface area contributed by atoms with Crippen molar-refractivity contribution in [3.05, 3.63) is 0 Å². The van der Waals surface area contributed by atoms with Gasteiger partial charge < -0.3 is 0 Å². The van der Waals surface area contributed by atoms with Crippen LogP contribution in [0.4, 0.5) is 0 Å². The first-order chi connectivity index (χ1) is 4.66. The molecule has 1 aliphatic rings. The quantitative estimate of drug-likeness (QED) is 0.515. The van der Waals surface area contributed by atoms with Crippen LogP contribution in [-0.4, -0.2) is 5.38 Å². The highest BCUT2D eigenvalue weighted by atomic mass is 35.5. The highest BCUT2D eigenvalue weighted by molar-refractivity contribution is 6.20. The Morgan fingerprint density at radius 3 is 2.30 bits per heavy atom. The third-order valence-corrected chi connectivity index (χ3v) is 3.41. The molecule has 1 aliphatic carbocycles. The molecule has 10 heavy (non-hydrogen) atoms. The Bertz CT molecular complexity index is 101. The molecule has 0 atom stereocenters. The van der Waals surface area contributed by atoms with Gasteiger partial charge in [-0.05, 0) is 31.1 Å². The van der Waals surface area contributed by atoms with Crippen LogP contribution >= 0.6 is 11.6 Å². The van der Waals surface area contributed by atoms with Gasteiger partial charge in [0.2, 0.25) is 0 Å². The summed E-state index contributed by atoms with van der Waals surface area (Å²) in [5.41, 5.74) is 0.616. The van der Waals surface area contributed by atoms with E-state index in [9.17, 15) is 0 Å². The van der Waals surface area contributed by atoms with Crippen molar-refractivity contribution in [3.63, 3.8) is 0 Å². The van der Waals surface area contributed by atoms with Crippen molar-refractivity contribution in [3.8, 4) is 0 Å². The van der Waals surface area contributed by atoms with Crippen molar-refractivity contribution in [2.75, 3.05) is 0 Å². The molecule has 1 heteroatoms. The minimum absolute atomic E-state index is 0.472. The van der Waals surface area contributed by atoms with Crippen LogP contribution in [-0.2, 0) is 0 Å². The summed E-state index contributed by atoms with van der Waals surface area (Å²) < 4.78 is 0. The lowest BCUT2D eigenvalue weighted by atomic mass is 9.74. The molecule has 1 saturated carbocycles. The Morgan fingerprint density at radius 2 is 1.90 bits per heavy atom.